The Hall–Kier alpha value is -2.28. The van der Waals surface area contributed by atoms with Gasteiger partial charge in [0.15, 0.2) is 5.96 Å². The third-order valence-corrected chi connectivity index (χ3v) is 5.66. The highest BCUT2D eigenvalue weighted by molar-refractivity contribution is 5.85. The van der Waals surface area contributed by atoms with E-state index in [1.807, 2.05) is 0 Å². The van der Waals surface area contributed by atoms with Gasteiger partial charge in [0.05, 0.1) is 6.10 Å². The normalized spacial score (nSPS) is 20.1. The third-order valence-electron chi connectivity index (χ3n) is 5.66. The molecule has 1 atom stereocenters. The molecule has 2 fully saturated rings. The average molecular weight is 402 g/mol. The Labute approximate surface area is 174 Å². The molecule has 0 aliphatic carbocycles. The second kappa shape index (κ2) is 9.96. The van der Waals surface area contributed by atoms with E-state index in [0.29, 0.717) is 0 Å². The second-order valence-electron chi connectivity index (χ2n) is 8.21. The van der Waals surface area contributed by atoms with Crippen molar-refractivity contribution in [2.45, 2.75) is 32.8 Å². The Bertz CT molecular complexity index is 720. The van der Waals surface area contributed by atoms with Gasteiger partial charge in [-0.25, -0.2) is 4.99 Å². The number of aliphatic imine (C=N–C) groups is 1. The van der Waals surface area contributed by atoms with E-state index < -0.39 is 0 Å². The maximum Gasteiger partial charge on any atom is 0.243 e. The fourth-order valence-corrected chi connectivity index (χ4v) is 3.78. The molecule has 1 aromatic rings. The van der Waals surface area contributed by atoms with Crippen molar-refractivity contribution in [2.24, 2.45) is 4.99 Å². The number of anilines is 1. The highest BCUT2D eigenvalue weighted by atomic mass is 16.5. The van der Waals surface area contributed by atoms with Gasteiger partial charge in [0.25, 0.3) is 0 Å². The molecule has 0 radical (unpaired) electrons. The average Bonchev–Trinajstić information content (AvgIpc) is 3.23. The van der Waals surface area contributed by atoms with E-state index in [1.54, 1.807) is 19.0 Å². The van der Waals surface area contributed by atoms with Crippen LogP contribution in [0.2, 0.25) is 0 Å². The van der Waals surface area contributed by atoms with Crippen LogP contribution in [0.5, 0.6) is 0 Å². The lowest BCUT2D eigenvalue weighted by atomic mass is 10.1. The van der Waals surface area contributed by atoms with Crippen molar-refractivity contribution in [1.29, 1.82) is 0 Å². The zero-order chi connectivity index (χ0) is 20.8. The number of aryl methyl sites for hydroxylation is 2. The minimum absolute atomic E-state index is 0.00966. The zero-order valence-corrected chi connectivity index (χ0v) is 18.3. The molecule has 0 bridgehead atoms. The number of benzene rings is 1. The Kier molecular flexibility index (Phi) is 7.36. The number of nitrogens with one attached hydrogen (secondary N) is 1. The number of carbonyl (C=O) groups excluding carboxylic acids is 1. The van der Waals surface area contributed by atoms with Crippen LogP contribution in [-0.2, 0) is 9.53 Å². The molecule has 1 unspecified atom stereocenters. The summed E-state index contributed by atoms with van der Waals surface area (Å²) in [6.45, 7) is 9.68. The first-order valence-electron chi connectivity index (χ1n) is 10.6. The maximum absolute atomic E-state index is 12.0. The van der Waals surface area contributed by atoms with Crippen molar-refractivity contribution in [3.63, 3.8) is 0 Å². The number of ether oxygens (including phenoxy) is 1. The lowest BCUT2D eigenvalue weighted by Gasteiger charge is -2.38. The molecule has 0 spiro atoms. The SMILES string of the molecule is Cc1ccc(C)c(N2CCN(C(=NCC(=O)N(C)C)NCC3CCCO3)CC2)c1. The lowest BCUT2D eigenvalue weighted by Crippen LogP contribution is -2.53. The molecule has 1 N–H and O–H groups in total. The molecule has 29 heavy (non-hydrogen) atoms. The summed E-state index contributed by atoms with van der Waals surface area (Å²) in [5.41, 5.74) is 3.92. The van der Waals surface area contributed by atoms with Gasteiger partial charge in [0, 0.05) is 59.1 Å². The smallest absolute Gasteiger partial charge is 0.243 e. The van der Waals surface area contributed by atoms with Crippen molar-refractivity contribution in [3.05, 3.63) is 29.3 Å². The largest absolute Gasteiger partial charge is 0.376 e. The van der Waals surface area contributed by atoms with Gasteiger partial charge in [0.1, 0.15) is 6.54 Å². The molecule has 2 aliphatic heterocycles. The predicted octanol–water partition coefficient (Wildman–Crippen LogP) is 1.64. The molecule has 2 heterocycles. The van der Waals surface area contributed by atoms with Crippen LogP contribution in [0.25, 0.3) is 0 Å². The Morgan fingerprint density at radius 3 is 2.66 bits per heavy atom. The second-order valence-corrected chi connectivity index (χ2v) is 8.21. The molecule has 7 nitrogen and oxygen atoms in total. The minimum Gasteiger partial charge on any atom is -0.376 e. The van der Waals surface area contributed by atoms with Crippen molar-refractivity contribution in [2.75, 3.05) is 64.9 Å². The molecule has 1 aromatic carbocycles. The van der Waals surface area contributed by atoms with Crippen LogP contribution < -0.4 is 10.2 Å². The first kappa shape index (κ1) is 21.4. The van der Waals surface area contributed by atoms with Gasteiger partial charge in [-0.05, 0) is 43.9 Å². The zero-order valence-electron chi connectivity index (χ0n) is 18.3. The summed E-state index contributed by atoms with van der Waals surface area (Å²) >= 11 is 0. The van der Waals surface area contributed by atoms with E-state index in [-0.39, 0.29) is 18.6 Å². The maximum atomic E-state index is 12.0. The van der Waals surface area contributed by atoms with E-state index in [2.05, 4.69) is 52.2 Å². The van der Waals surface area contributed by atoms with Gasteiger partial charge in [-0.3, -0.25) is 4.79 Å². The third kappa shape index (κ3) is 5.85. The molecular formula is C22H35N5O2. The highest BCUT2D eigenvalue weighted by Gasteiger charge is 2.23. The summed E-state index contributed by atoms with van der Waals surface area (Å²) in [4.78, 5) is 23.0. The van der Waals surface area contributed by atoms with E-state index in [4.69, 9.17) is 4.74 Å². The molecule has 3 rings (SSSR count). The van der Waals surface area contributed by atoms with Crippen LogP contribution in [0.1, 0.15) is 24.0 Å². The number of nitrogens with zero attached hydrogens (tertiary/aromatic N) is 4. The first-order valence-corrected chi connectivity index (χ1v) is 10.6. The van der Waals surface area contributed by atoms with Crippen molar-refractivity contribution >= 4 is 17.6 Å². The summed E-state index contributed by atoms with van der Waals surface area (Å²) in [7, 11) is 3.53. The van der Waals surface area contributed by atoms with Crippen LogP contribution in [0.4, 0.5) is 5.69 Å². The molecule has 7 heteroatoms. The Morgan fingerprint density at radius 1 is 1.24 bits per heavy atom. The highest BCUT2D eigenvalue weighted by Crippen LogP contribution is 2.23. The number of likely N-dealkylation sites (N-methyl/N-ethyl adjacent to an activating group) is 1. The topological polar surface area (TPSA) is 60.4 Å². The standard InChI is InChI=1S/C22H35N5O2/c1-17-7-8-18(2)20(14-17)26-9-11-27(12-10-26)22(24-16-21(28)25(3)4)23-15-19-6-5-13-29-19/h7-8,14,19H,5-6,9-13,15-16H2,1-4H3,(H,23,24). The summed E-state index contributed by atoms with van der Waals surface area (Å²) in [5, 5.41) is 3.46. The number of amides is 1. The molecule has 0 aromatic heterocycles. The van der Waals surface area contributed by atoms with Crippen molar-refractivity contribution < 1.29 is 9.53 Å². The van der Waals surface area contributed by atoms with Crippen molar-refractivity contribution in [3.8, 4) is 0 Å². The number of hydrogen-bond donors (Lipinski definition) is 1. The van der Waals surface area contributed by atoms with Crippen LogP contribution in [0.15, 0.2) is 23.2 Å². The number of piperazine rings is 1. The quantitative estimate of drug-likeness (QED) is 0.600. The Morgan fingerprint density at radius 2 is 2.00 bits per heavy atom. The van der Waals surface area contributed by atoms with Crippen LogP contribution >= 0.6 is 0 Å². The molecule has 160 valence electrons. The number of rotatable bonds is 5. The fourth-order valence-electron chi connectivity index (χ4n) is 3.78. The fraction of sp³-hybridized carbons (Fsp3) is 0.636. The van der Waals surface area contributed by atoms with Crippen LogP contribution in [0.3, 0.4) is 0 Å². The summed E-state index contributed by atoms with van der Waals surface area (Å²) in [6, 6.07) is 6.63. The van der Waals surface area contributed by atoms with E-state index in [1.165, 1.54) is 16.8 Å². The van der Waals surface area contributed by atoms with Gasteiger partial charge in [-0.1, -0.05) is 12.1 Å². The van der Waals surface area contributed by atoms with E-state index in [0.717, 1.165) is 58.1 Å². The van der Waals surface area contributed by atoms with Gasteiger partial charge >= 0.3 is 0 Å². The van der Waals surface area contributed by atoms with Gasteiger partial charge in [-0.2, -0.15) is 0 Å². The number of carbonyl (C=O) groups is 1. The summed E-state index contributed by atoms with van der Waals surface area (Å²) in [5.74, 6) is 0.826. The van der Waals surface area contributed by atoms with Crippen LogP contribution in [0, 0.1) is 13.8 Å². The molecule has 2 aliphatic rings. The van der Waals surface area contributed by atoms with Gasteiger partial charge < -0.3 is 24.8 Å². The molecular weight excluding hydrogens is 366 g/mol. The van der Waals surface area contributed by atoms with E-state index in [9.17, 15) is 4.79 Å². The van der Waals surface area contributed by atoms with Crippen molar-refractivity contribution in [1.82, 2.24) is 15.1 Å². The molecule has 0 saturated carbocycles. The minimum atomic E-state index is 0.00966. The monoisotopic (exact) mass is 401 g/mol. The summed E-state index contributed by atoms with van der Waals surface area (Å²) < 4.78 is 5.73. The van der Waals surface area contributed by atoms with Gasteiger partial charge in [-0.15, -0.1) is 0 Å². The number of hydrogen-bond acceptors (Lipinski definition) is 4. The van der Waals surface area contributed by atoms with Crippen LogP contribution in [-0.4, -0.2) is 87.7 Å². The Balaban J connectivity index is 1.63. The van der Waals surface area contributed by atoms with E-state index >= 15 is 0 Å². The first-order chi connectivity index (χ1) is 13.9. The number of guanidine groups is 1. The van der Waals surface area contributed by atoms with Gasteiger partial charge in [0.2, 0.25) is 5.91 Å². The lowest BCUT2D eigenvalue weighted by molar-refractivity contribution is -0.127. The predicted molar refractivity (Wildman–Crippen MR) is 118 cm³/mol. The molecule has 2 saturated heterocycles. The summed E-state index contributed by atoms with van der Waals surface area (Å²) in [6.07, 6.45) is 2.44. The molecule has 1 amide bonds.